The number of nitrogens with one attached hydrogen (secondary N) is 2. The molecule has 0 saturated carbocycles. The summed E-state index contributed by atoms with van der Waals surface area (Å²) in [6, 6.07) is 23.0. The first-order chi connectivity index (χ1) is 16.1. The normalized spacial score (nSPS) is 10.6. The first kappa shape index (κ1) is 22.7. The average molecular weight is 478 g/mol. The summed E-state index contributed by atoms with van der Waals surface area (Å²) >= 11 is 2.75. The van der Waals surface area contributed by atoms with Gasteiger partial charge in [0.25, 0.3) is 5.91 Å². The molecule has 2 N–H and O–H groups in total. The van der Waals surface area contributed by atoms with Crippen LogP contribution in [0.4, 0.5) is 15.2 Å². The fourth-order valence-corrected chi connectivity index (χ4v) is 4.55. The molecule has 0 bridgehead atoms. The van der Waals surface area contributed by atoms with Crippen LogP contribution in [-0.2, 0) is 10.5 Å². The van der Waals surface area contributed by atoms with Gasteiger partial charge in [0.2, 0.25) is 5.91 Å². The Morgan fingerprint density at radius 2 is 1.58 bits per heavy atom. The molecule has 0 aliphatic heterocycles. The van der Waals surface area contributed by atoms with Crippen molar-refractivity contribution in [3.8, 4) is 11.1 Å². The first-order valence-corrected chi connectivity index (χ1v) is 12.1. The summed E-state index contributed by atoms with van der Waals surface area (Å²) in [5.41, 5.74) is 4.03. The number of amides is 2. The lowest BCUT2D eigenvalue weighted by Gasteiger charge is -2.05. The second-order valence-electron chi connectivity index (χ2n) is 7.09. The number of halogens is 1. The first-order valence-electron chi connectivity index (χ1n) is 10.1. The van der Waals surface area contributed by atoms with Crippen molar-refractivity contribution in [2.75, 3.05) is 16.4 Å². The van der Waals surface area contributed by atoms with Crippen molar-refractivity contribution < 1.29 is 14.0 Å². The van der Waals surface area contributed by atoms with Gasteiger partial charge in [-0.3, -0.25) is 14.9 Å². The number of benzene rings is 3. The molecular weight excluding hydrogens is 457 g/mol. The topological polar surface area (TPSA) is 71.1 Å². The molecule has 0 aliphatic rings. The van der Waals surface area contributed by atoms with Crippen LogP contribution in [0.25, 0.3) is 11.1 Å². The third-order valence-electron chi connectivity index (χ3n) is 4.64. The summed E-state index contributed by atoms with van der Waals surface area (Å²) in [4.78, 5) is 29.0. The van der Waals surface area contributed by atoms with Crippen molar-refractivity contribution in [2.45, 2.75) is 5.75 Å². The smallest absolute Gasteiger partial charge is 0.257 e. The number of rotatable bonds is 8. The molecule has 0 saturated heterocycles. The number of thiazole rings is 1. The van der Waals surface area contributed by atoms with Gasteiger partial charge in [0.1, 0.15) is 5.82 Å². The molecule has 0 spiro atoms. The summed E-state index contributed by atoms with van der Waals surface area (Å²) in [6.45, 7) is 0. The van der Waals surface area contributed by atoms with Crippen LogP contribution < -0.4 is 10.6 Å². The minimum atomic E-state index is -0.349. The van der Waals surface area contributed by atoms with Gasteiger partial charge >= 0.3 is 0 Å². The highest BCUT2D eigenvalue weighted by molar-refractivity contribution is 7.99. The highest BCUT2D eigenvalue weighted by Gasteiger charge is 2.10. The third-order valence-corrected chi connectivity index (χ3v) is 6.41. The second-order valence-corrected chi connectivity index (χ2v) is 8.93. The molecular formula is C25H20FN3O2S2. The van der Waals surface area contributed by atoms with Crippen LogP contribution in [0.5, 0.6) is 0 Å². The number of hydrogen-bond acceptors (Lipinski definition) is 5. The van der Waals surface area contributed by atoms with Gasteiger partial charge in [-0.25, -0.2) is 9.37 Å². The van der Waals surface area contributed by atoms with Crippen molar-refractivity contribution in [1.29, 1.82) is 0 Å². The standard InChI is InChI=1S/C25H20FN3O2S2/c26-20-10-12-21(13-11-20)27-23(30)16-32-14-22-15-33-25(28-22)29-24(31)19-8-6-18(7-9-19)17-4-2-1-3-5-17/h1-13,15H,14,16H2,(H,27,30)(H,28,29,31). The van der Waals surface area contributed by atoms with Gasteiger partial charge in [0.05, 0.1) is 11.4 Å². The molecule has 4 aromatic rings. The van der Waals surface area contributed by atoms with Crippen LogP contribution in [0, 0.1) is 5.82 Å². The number of aromatic nitrogens is 1. The summed E-state index contributed by atoms with van der Waals surface area (Å²) in [5.74, 6) is 0.0356. The van der Waals surface area contributed by atoms with Crippen LogP contribution in [-0.4, -0.2) is 22.6 Å². The number of nitrogens with zero attached hydrogens (tertiary/aromatic N) is 1. The molecule has 0 unspecified atom stereocenters. The van der Waals surface area contributed by atoms with Gasteiger partial charge in [-0.1, -0.05) is 42.5 Å². The van der Waals surface area contributed by atoms with Gasteiger partial charge in [0, 0.05) is 22.4 Å². The lowest BCUT2D eigenvalue weighted by atomic mass is 10.0. The number of thioether (sulfide) groups is 1. The molecule has 1 heterocycles. The van der Waals surface area contributed by atoms with Crippen LogP contribution in [0.3, 0.4) is 0 Å². The Labute approximate surface area is 199 Å². The maximum Gasteiger partial charge on any atom is 0.257 e. The Balaban J connectivity index is 1.25. The van der Waals surface area contributed by atoms with E-state index in [0.717, 1.165) is 16.8 Å². The van der Waals surface area contributed by atoms with E-state index in [0.29, 0.717) is 22.1 Å². The molecule has 0 atom stereocenters. The summed E-state index contributed by atoms with van der Waals surface area (Å²) < 4.78 is 12.9. The molecule has 33 heavy (non-hydrogen) atoms. The van der Waals surface area contributed by atoms with Crippen molar-refractivity contribution in [3.05, 3.63) is 101 Å². The van der Waals surface area contributed by atoms with Crippen LogP contribution in [0.1, 0.15) is 16.1 Å². The van der Waals surface area contributed by atoms with Gasteiger partial charge < -0.3 is 5.32 Å². The molecule has 0 radical (unpaired) electrons. The van der Waals surface area contributed by atoms with Gasteiger partial charge in [-0.15, -0.1) is 23.1 Å². The third kappa shape index (κ3) is 6.50. The van der Waals surface area contributed by atoms with Crippen molar-refractivity contribution in [2.24, 2.45) is 0 Å². The molecule has 2 amide bonds. The Morgan fingerprint density at radius 1 is 0.879 bits per heavy atom. The van der Waals surface area contributed by atoms with Crippen molar-refractivity contribution in [1.82, 2.24) is 4.98 Å². The number of carbonyl (C=O) groups is 2. The molecule has 3 aromatic carbocycles. The van der Waals surface area contributed by atoms with Gasteiger partial charge in [-0.2, -0.15) is 0 Å². The maximum absolute atomic E-state index is 12.9. The van der Waals surface area contributed by atoms with E-state index in [1.807, 2.05) is 47.8 Å². The molecule has 1 aromatic heterocycles. The zero-order valence-corrected chi connectivity index (χ0v) is 19.1. The Hall–Kier alpha value is -3.49. The lowest BCUT2D eigenvalue weighted by molar-refractivity contribution is -0.113. The molecule has 166 valence electrons. The lowest BCUT2D eigenvalue weighted by Crippen LogP contribution is -2.14. The minimum Gasteiger partial charge on any atom is -0.325 e. The predicted molar refractivity (Wildman–Crippen MR) is 133 cm³/mol. The fraction of sp³-hybridized carbons (Fsp3) is 0.0800. The molecule has 8 heteroatoms. The number of hydrogen-bond donors (Lipinski definition) is 2. The SMILES string of the molecule is O=C(CSCc1csc(NC(=O)c2ccc(-c3ccccc3)cc2)n1)Nc1ccc(F)cc1. The Morgan fingerprint density at radius 3 is 2.30 bits per heavy atom. The Kier molecular flexibility index (Phi) is 7.49. The largest absolute Gasteiger partial charge is 0.325 e. The van der Waals surface area contributed by atoms with Gasteiger partial charge in [-0.05, 0) is 47.5 Å². The average Bonchev–Trinajstić information content (AvgIpc) is 3.28. The predicted octanol–water partition coefficient (Wildman–Crippen LogP) is 6.07. The molecule has 0 fully saturated rings. The van der Waals surface area contributed by atoms with E-state index in [1.165, 1.54) is 47.4 Å². The summed E-state index contributed by atoms with van der Waals surface area (Å²) in [5, 5.41) is 7.91. The van der Waals surface area contributed by atoms with Crippen molar-refractivity contribution >= 4 is 45.7 Å². The monoisotopic (exact) mass is 477 g/mol. The number of anilines is 2. The minimum absolute atomic E-state index is 0.172. The fourth-order valence-electron chi connectivity index (χ4n) is 3.02. The van der Waals surface area contributed by atoms with E-state index in [1.54, 1.807) is 12.1 Å². The van der Waals surface area contributed by atoms with Gasteiger partial charge in [0.15, 0.2) is 5.13 Å². The van der Waals surface area contributed by atoms with E-state index in [9.17, 15) is 14.0 Å². The van der Waals surface area contributed by atoms with E-state index in [4.69, 9.17) is 0 Å². The highest BCUT2D eigenvalue weighted by atomic mass is 32.2. The van der Waals surface area contributed by atoms with Crippen LogP contribution in [0.2, 0.25) is 0 Å². The van der Waals surface area contributed by atoms with E-state index in [-0.39, 0.29) is 23.4 Å². The van der Waals surface area contributed by atoms with Crippen molar-refractivity contribution in [3.63, 3.8) is 0 Å². The quantitative estimate of drug-likeness (QED) is 0.323. The number of carbonyl (C=O) groups excluding carboxylic acids is 2. The van der Waals surface area contributed by atoms with E-state index in [2.05, 4.69) is 15.6 Å². The van der Waals surface area contributed by atoms with E-state index >= 15 is 0 Å². The summed E-state index contributed by atoms with van der Waals surface area (Å²) in [7, 11) is 0. The molecule has 0 aliphatic carbocycles. The van der Waals surface area contributed by atoms with Crippen LogP contribution in [0.15, 0.2) is 84.2 Å². The van der Waals surface area contributed by atoms with Crippen LogP contribution >= 0.6 is 23.1 Å². The Bertz CT molecular complexity index is 1230. The molecule has 4 rings (SSSR count). The zero-order chi connectivity index (χ0) is 23.0. The maximum atomic E-state index is 12.9. The highest BCUT2D eigenvalue weighted by Crippen LogP contribution is 2.22. The second kappa shape index (κ2) is 10.9. The zero-order valence-electron chi connectivity index (χ0n) is 17.5. The van der Waals surface area contributed by atoms with E-state index < -0.39 is 0 Å². The summed E-state index contributed by atoms with van der Waals surface area (Å²) in [6.07, 6.45) is 0. The molecule has 5 nitrogen and oxygen atoms in total.